The molecule has 0 fully saturated rings. The van der Waals surface area contributed by atoms with Crippen LogP contribution in [0.25, 0.3) is 17.0 Å². The van der Waals surface area contributed by atoms with E-state index in [2.05, 4.69) is 20.6 Å². The Bertz CT molecular complexity index is 1140. The van der Waals surface area contributed by atoms with Crippen LogP contribution in [-0.4, -0.2) is 23.1 Å². The zero-order valence-corrected chi connectivity index (χ0v) is 17.0. The molecule has 2 heterocycles. The number of pyridine rings is 1. The number of aliphatic imine (C=N–C) groups is 1. The van der Waals surface area contributed by atoms with Gasteiger partial charge in [-0.3, -0.25) is 9.78 Å². The molecule has 0 bridgehead atoms. The normalized spacial score (nSPS) is 15.2. The van der Waals surface area contributed by atoms with E-state index in [1.54, 1.807) is 24.4 Å². The molecular formula is C20H14Cl2N4OS. The summed E-state index contributed by atoms with van der Waals surface area (Å²) in [5, 5.41) is 8.53. The number of carbonyl (C=O) groups is 1. The lowest BCUT2D eigenvalue weighted by Gasteiger charge is -2.08. The lowest BCUT2D eigenvalue weighted by atomic mass is 10.1. The molecule has 0 radical (unpaired) electrons. The van der Waals surface area contributed by atoms with Crippen molar-refractivity contribution in [1.29, 1.82) is 0 Å². The van der Waals surface area contributed by atoms with Crippen LogP contribution >= 0.6 is 35.0 Å². The summed E-state index contributed by atoms with van der Waals surface area (Å²) >= 11 is 13.6. The van der Waals surface area contributed by atoms with Gasteiger partial charge in [0.05, 0.1) is 26.2 Å². The van der Waals surface area contributed by atoms with Crippen molar-refractivity contribution >= 4 is 74.4 Å². The Kier molecular flexibility index (Phi) is 5.26. The lowest BCUT2D eigenvalue weighted by Crippen LogP contribution is -2.05. The summed E-state index contributed by atoms with van der Waals surface area (Å²) in [5.74, 6) is -0.309. The molecule has 3 aromatic rings. The third-order valence-electron chi connectivity index (χ3n) is 4.15. The Morgan fingerprint density at radius 1 is 1.11 bits per heavy atom. The zero-order valence-electron chi connectivity index (χ0n) is 14.7. The number of aromatic nitrogens is 1. The molecule has 0 spiro atoms. The van der Waals surface area contributed by atoms with Crippen LogP contribution in [-0.2, 0) is 4.79 Å². The third kappa shape index (κ3) is 3.71. The maximum Gasteiger partial charge on any atom is 0.286 e. The van der Waals surface area contributed by atoms with Gasteiger partial charge in [-0.25, -0.2) is 0 Å². The molecule has 1 aliphatic heterocycles. The first-order chi connectivity index (χ1) is 13.5. The van der Waals surface area contributed by atoms with Crippen LogP contribution in [0.4, 0.5) is 11.4 Å². The molecule has 8 heteroatoms. The molecule has 28 heavy (non-hydrogen) atoms. The Labute approximate surface area is 175 Å². The summed E-state index contributed by atoms with van der Waals surface area (Å²) in [6.45, 7) is 0. The number of thioether (sulfide) groups is 1. The number of amides is 1. The van der Waals surface area contributed by atoms with Gasteiger partial charge in [-0.05, 0) is 53.7 Å². The van der Waals surface area contributed by atoms with Crippen molar-refractivity contribution in [3.05, 3.63) is 69.2 Å². The van der Waals surface area contributed by atoms with Gasteiger partial charge < -0.3 is 10.6 Å². The highest BCUT2D eigenvalue weighted by atomic mass is 35.5. The van der Waals surface area contributed by atoms with Crippen LogP contribution in [0.1, 0.15) is 5.56 Å². The molecule has 140 valence electrons. The fourth-order valence-electron chi connectivity index (χ4n) is 2.81. The first kappa shape index (κ1) is 18.8. The Morgan fingerprint density at radius 3 is 2.64 bits per heavy atom. The van der Waals surface area contributed by atoms with Crippen LogP contribution in [0.5, 0.6) is 0 Å². The standard InChI is InChI=1S/C20H14Cl2N4OS/c1-23-15-7-8-24-16-6-5-11(9-12(15)16)10-17-19(27)26-20(28-17)25-18-13(21)3-2-4-14(18)22/h2-10H,1H3,(H,23,24)(H,25,26,27)/b17-10-. The van der Waals surface area contributed by atoms with E-state index in [1.807, 2.05) is 37.4 Å². The second-order valence-electron chi connectivity index (χ2n) is 5.94. The number of amidine groups is 1. The highest BCUT2D eigenvalue weighted by Crippen LogP contribution is 2.35. The highest BCUT2D eigenvalue weighted by Gasteiger charge is 2.23. The van der Waals surface area contributed by atoms with Gasteiger partial charge >= 0.3 is 0 Å². The van der Waals surface area contributed by atoms with Crippen molar-refractivity contribution in [3.8, 4) is 0 Å². The van der Waals surface area contributed by atoms with E-state index >= 15 is 0 Å². The lowest BCUT2D eigenvalue weighted by molar-refractivity contribution is -0.113. The number of rotatable bonds is 3. The summed E-state index contributed by atoms with van der Waals surface area (Å²) in [6.07, 6.45) is 3.57. The minimum absolute atomic E-state index is 0.309. The number of halogens is 2. The average Bonchev–Trinajstić information content (AvgIpc) is 3.03. The topological polar surface area (TPSA) is 66.4 Å². The molecule has 1 amide bonds. The molecule has 0 atom stereocenters. The van der Waals surface area contributed by atoms with E-state index in [4.69, 9.17) is 23.2 Å². The van der Waals surface area contributed by atoms with E-state index in [1.165, 1.54) is 11.8 Å². The maximum atomic E-state index is 12.3. The number of para-hydroxylation sites is 1. The molecule has 5 nitrogen and oxygen atoms in total. The molecule has 4 rings (SSSR count). The van der Waals surface area contributed by atoms with E-state index in [9.17, 15) is 4.79 Å². The van der Waals surface area contributed by atoms with Crippen LogP contribution in [0, 0.1) is 0 Å². The summed E-state index contributed by atoms with van der Waals surface area (Å²) in [7, 11) is 1.86. The summed E-state index contributed by atoms with van der Waals surface area (Å²) in [5.41, 5.74) is 3.27. The van der Waals surface area contributed by atoms with Crippen molar-refractivity contribution < 1.29 is 4.79 Å². The molecule has 0 aliphatic carbocycles. The SMILES string of the molecule is CNc1ccnc2ccc(/C=C3\SC(Nc4c(Cl)cccc4Cl)=NC3=O)cc12. The van der Waals surface area contributed by atoms with Gasteiger partial charge in [0.25, 0.3) is 5.91 Å². The molecular weight excluding hydrogens is 415 g/mol. The molecule has 1 aliphatic rings. The van der Waals surface area contributed by atoms with E-state index in [-0.39, 0.29) is 5.91 Å². The van der Waals surface area contributed by atoms with Gasteiger partial charge in [0.2, 0.25) is 0 Å². The van der Waals surface area contributed by atoms with Crippen molar-refractivity contribution in [1.82, 2.24) is 4.98 Å². The Hall–Kier alpha value is -2.54. The number of nitrogens with one attached hydrogen (secondary N) is 2. The highest BCUT2D eigenvalue weighted by molar-refractivity contribution is 8.18. The van der Waals surface area contributed by atoms with Gasteiger partial charge in [-0.2, -0.15) is 4.99 Å². The summed E-state index contributed by atoms with van der Waals surface area (Å²) in [6, 6.07) is 12.9. The minimum Gasteiger partial charge on any atom is -0.388 e. The maximum absolute atomic E-state index is 12.3. The van der Waals surface area contributed by atoms with Gasteiger partial charge in [-0.15, -0.1) is 0 Å². The second kappa shape index (κ2) is 7.83. The number of nitrogens with zero attached hydrogens (tertiary/aromatic N) is 2. The quantitative estimate of drug-likeness (QED) is 0.526. The fraction of sp³-hybridized carbons (Fsp3) is 0.0500. The average molecular weight is 429 g/mol. The predicted molar refractivity (Wildman–Crippen MR) is 119 cm³/mol. The zero-order chi connectivity index (χ0) is 19.7. The molecule has 2 N–H and O–H groups in total. The van der Waals surface area contributed by atoms with E-state index in [0.717, 1.165) is 22.2 Å². The molecule has 1 aromatic heterocycles. The number of hydrogen-bond acceptors (Lipinski definition) is 5. The third-order valence-corrected chi connectivity index (χ3v) is 5.68. The monoisotopic (exact) mass is 428 g/mol. The Balaban J connectivity index is 1.60. The predicted octanol–water partition coefficient (Wildman–Crippen LogP) is 5.67. The number of anilines is 2. The van der Waals surface area contributed by atoms with Crippen LogP contribution in [0.3, 0.4) is 0 Å². The summed E-state index contributed by atoms with van der Waals surface area (Å²) < 4.78 is 0. The summed E-state index contributed by atoms with van der Waals surface area (Å²) in [4.78, 5) is 21.3. The van der Waals surface area contributed by atoms with Gasteiger partial charge in [0, 0.05) is 24.3 Å². The number of hydrogen-bond donors (Lipinski definition) is 2. The Morgan fingerprint density at radius 2 is 1.89 bits per heavy atom. The van der Waals surface area contributed by atoms with E-state index < -0.39 is 0 Å². The number of fused-ring (bicyclic) bond motifs is 1. The van der Waals surface area contributed by atoms with Crippen molar-refractivity contribution in [2.45, 2.75) is 0 Å². The number of benzene rings is 2. The second-order valence-corrected chi connectivity index (χ2v) is 7.78. The van der Waals surface area contributed by atoms with E-state index in [0.29, 0.717) is 25.8 Å². The molecule has 0 saturated heterocycles. The first-order valence-electron chi connectivity index (χ1n) is 8.35. The number of carbonyl (C=O) groups excluding carboxylic acids is 1. The first-order valence-corrected chi connectivity index (χ1v) is 9.92. The fourth-order valence-corrected chi connectivity index (χ4v) is 4.12. The molecule has 0 unspecified atom stereocenters. The van der Waals surface area contributed by atoms with Crippen LogP contribution in [0.2, 0.25) is 10.0 Å². The molecule has 2 aromatic carbocycles. The van der Waals surface area contributed by atoms with Crippen LogP contribution < -0.4 is 10.6 Å². The van der Waals surface area contributed by atoms with Gasteiger partial charge in [-0.1, -0.05) is 35.3 Å². The van der Waals surface area contributed by atoms with Gasteiger partial charge in [0.15, 0.2) is 5.17 Å². The minimum atomic E-state index is -0.309. The van der Waals surface area contributed by atoms with Gasteiger partial charge in [0.1, 0.15) is 0 Å². The van der Waals surface area contributed by atoms with Crippen LogP contribution in [0.15, 0.2) is 58.6 Å². The van der Waals surface area contributed by atoms with Crippen molar-refractivity contribution in [2.24, 2.45) is 4.99 Å². The molecule has 0 saturated carbocycles. The largest absolute Gasteiger partial charge is 0.388 e. The van der Waals surface area contributed by atoms with Crippen molar-refractivity contribution in [3.63, 3.8) is 0 Å². The van der Waals surface area contributed by atoms with Crippen molar-refractivity contribution in [2.75, 3.05) is 17.7 Å². The smallest absolute Gasteiger partial charge is 0.286 e.